The summed E-state index contributed by atoms with van der Waals surface area (Å²) in [5.74, 6) is 2.17. The molecule has 0 aliphatic carbocycles. The zero-order valence-corrected chi connectivity index (χ0v) is 32.9. The number of rotatable bonds is 5. The molecule has 10 rings (SSSR count). The van der Waals surface area contributed by atoms with Gasteiger partial charge in [0.2, 0.25) is 0 Å². The van der Waals surface area contributed by atoms with Crippen LogP contribution >= 0.6 is 0 Å². The minimum atomic E-state index is -2.16. The highest BCUT2D eigenvalue weighted by molar-refractivity contribution is 7.05. The lowest BCUT2D eigenvalue weighted by molar-refractivity contribution is 1.08. The van der Waals surface area contributed by atoms with E-state index in [1.165, 1.54) is 65.3 Å². The largest absolute Gasteiger partial charge is 0.208 e. The number of nitrogens with zero attached hydrogens (tertiary/aromatic N) is 3. The van der Waals surface area contributed by atoms with E-state index in [2.05, 4.69) is 184 Å². The summed E-state index contributed by atoms with van der Waals surface area (Å²) in [6.45, 7) is 9.90. The van der Waals surface area contributed by atoms with Gasteiger partial charge >= 0.3 is 0 Å². The van der Waals surface area contributed by atoms with Crippen molar-refractivity contribution in [1.29, 1.82) is 0 Å². The van der Waals surface area contributed by atoms with Crippen molar-refractivity contribution in [1.82, 2.24) is 15.0 Å². The number of fused-ring (bicyclic) bond motifs is 6. The molecule has 0 spiro atoms. The molecule has 7 aromatic carbocycles. The van der Waals surface area contributed by atoms with E-state index >= 15 is 0 Å². The summed E-state index contributed by atoms with van der Waals surface area (Å²) in [5.41, 5.74) is 13.3. The molecule has 0 radical (unpaired) electrons. The summed E-state index contributed by atoms with van der Waals surface area (Å²) in [6, 6.07) is 59.3. The maximum atomic E-state index is 5.53. The molecule has 5 heteroatoms. The second-order valence-electron chi connectivity index (χ2n) is 15.6. The lowest BCUT2D eigenvalue weighted by Gasteiger charge is -2.24. The van der Waals surface area contributed by atoms with E-state index < -0.39 is 16.1 Å². The third-order valence-corrected chi connectivity index (χ3v) is 18.8. The van der Waals surface area contributed by atoms with Gasteiger partial charge in [0, 0.05) is 16.7 Å². The van der Waals surface area contributed by atoms with E-state index in [-0.39, 0.29) is 0 Å². The predicted octanol–water partition coefficient (Wildman–Crippen LogP) is 9.81. The van der Waals surface area contributed by atoms with Crippen molar-refractivity contribution in [3.63, 3.8) is 0 Å². The first-order valence-corrected chi connectivity index (χ1v) is 24.8. The number of aromatic nitrogens is 3. The SMILES string of the molecule is C[Si]1(C)c2ccc(-c3ccccc3)cc2-c2cccc(-c3nc(-c4ccccc4)nc(-c4cc(-c5ccccc5)cc5c4[Si](C)(C)c4ccccc4-5)n3)c21. The first-order chi connectivity index (χ1) is 26.3. The van der Waals surface area contributed by atoms with E-state index in [9.17, 15) is 0 Å². The highest BCUT2D eigenvalue weighted by Gasteiger charge is 2.42. The van der Waals surface area contributed by atoms with Crippen molar-refractivity contribution in [2.45, 2.75) is 26.2 Å². The summed E-state index contributed by atoms with van der Waals surface area (Å²) < 4.78 is 0. The van der Waals surface area contributed by atoms with Gasteiger partial charge in [-0.2, -0.15) is 0 Å². The van der Waals surface area contributed by atoms with Crippen LogP contribution in [0.5, 0.6) is 0 Å². The summed E-state index contributed by atoms with van der Waals surface area (Å²) in [6.07, 6.45) is 0. The van der Waals surface area contributed by atoms with Gasteiger partial charge in [0.15, 0.2) is 17.5 Å². The lowest BCUT2D eigenvalue weighted by atomic mass is 9.95. The number of hydrogen-bond donors (Lipinski definition) is 0. The van der Waals surface area contributed by atoms with Crippen LogP contribution in [0, 0.1) is 0 Å². The molecule has 2 aliphatic heterocycles. The van der Waals surface area contributed by atoms with Crippen LogP contribution in [0.25, 0.3) is 78.7 Å². The summed E-state index contributed by atoms with van der Waals surface area (Å²) >= 11 is 0. The van der Waals surface area contributed by atoms with Gasteiger partial charge in [-0.1, -0.05) is 172 Å². The summed E-state index contributed by atoms with van der Waals surface area (Å²) in [5, 5.41) is 5.71. The molecule has 0 bridgehead atoms. The third kappa shape index (κ3) is 5.03. The van der Waals surface area contributed by atoms with Crippen LogP contribution in [-0.2, 0) is 0 Å². The highest BCUT2D eigenvalue weighted by Crippen LogP contribution is 2.39. The molecule has 8 aromatic rings. The Morgan fingerprint density at radius 2 is 0.759 bits per heavy atom. The van der Waals surface area contributed by atoms with E-state index in [0.717, 1.165) is 28.3 Å². The van der Waals surface area contributed by atoms with Crippen LogP contribution in [0.2, 0.25) is 26.2 Å². The average molecular weight is 726 g/mol. The molecule has 0 unspecified atom stereocenters. The molecular formula is C49H39N3Si2. The zero-order chi connectivity index (χ0) is 36.6. The van der Waals surface area contributed by atoms with Gasteiger partial charge in [-0.15, -0.1) is 0 Å². The van der Waals surface area contributed by atoms with Crippen molar-refractivity contribution in [2.75, 3.05) is 0 Å². The maximum absolute atomic E-state index is 5.53. The molecule has 0 N–H and O–H groups in total. The van der Waals surface area contributed by atoms with Gasteiger partial charge in [-0.25, -0.2) is 15.0 Å². The van der Waals surface area contributed by atoms with Crippen LogP contribution in [0.4, 0.5) is 0 Å². The fraction of sp³-hybridized carbons (Fsp3) is 0.0816. The van der Waals surface area contributed by atoms with Crippen LogP contribution in [0.3, 0.4) is 0 Å². The Kier molecular flexibility index (Phi) is 7.41. The molecule has 0 fully saturated rings. The fourth-order valence-electron chi connectivity index (χ4n) is 9.13. The van der Waals surface area contributed by atoms with Gasteiger partial charge in [-0.05, 0) is 83.5 Å². The van der Waals surface area contributed by atoms with Gasteiger partial charge < -0.3 is 0 Å². The van der Waals surface area contributed by atoms with Crippen molar-refractivity contribution in [2.24, 2.45) is 0 Å². The Labute approximate surface area is 319 Å². The van der Waals surface area contributed by atoms with Crippen molar-refractivity contribution < 1.29 is 0 Å². The fourth-order valence-corrected chi connectivity index (χ4v) is 15.9. The maximum Gasteiger partial charge on any atom is 0.164 e. The predicted molar refractivity (Wildman–Crippen MR) is 231 cm³/mol. The van der Waals surface area contributed by atoms with E-state index in [1.54, 1.807) is 0 Å². The van der Waals surface area contributed by atoms with Crippen LogP contribution in [0.15, 0.2) is 164 Å². The van der Waals surface area contributed by atoms with Crippen molar-refractivity contribution in [3.8, 4) is 78.7 Å². The molecule has 0 saturated heterocycles. The monoisotopic (exact) mass is 725 g/mol. The first kappa shape index (κ1) is 32.6. The number of benzene rings is 7. The molecule has 0 atom stereocenters. The Morgan fingerprint density at radius 1 is 0.296 bits per heavy atom. The molecule has 258 valence electrons. The second kappa shape index (κ2) is 12.3. The minimum Gasteiger partial charge on any atom is -0.208 e. The molecule has 3 nitrogen and oxygen atoms in total. The zero-order valence-electron chi connectivity index (χ0n) is 30.9. The van der Waals surface area contributed by atoms with Crippen LogP contribution in [0.1, 0.15) is 0 Å². The quantitative estimate of drug-likeness (QED) is 0.166. The first-order valence-electron chi connectivity index (χ1n) is 18.8. The average Bonchev–Trinajstić information content (AvgIpc) is 3.60. The minimum absolute atomic E-state index is 0.698. The van der Waals surface area contributed by atoms with E-state index in [0.29, 0.717) is 5.82 Å². The Bertz CT molecular complexity index is 2760. The van der Waals surface area contributed by atoms with Gasteiger partial charge in [0.1, 0.15) is 16.1 Å². The number of hydrogen-bond acceptors (Lipinski definition) is 3. The smallest absolute Gasteiger partial charge is 0.164 e. The molecule has 54 heavy (non-hydrogen) atoms. The topological polar surface area (TPSA) is 38.7 Å². The molecule has 3 heterocycles. The molecule has 0 amide bonds. The van der Waals surface area contributed by atoms with E-state index in [1.807, 2.05) is 6.07 Å². The van der Waals surface area contributed by atoms with E-state index in [4.69, 9.17) is 15.0 Å². The van der Waals surface area contributed by atoms with Gasteiger partial charge in [0.05, 0.1) is 0 Å². The van der Waals surface area contributed by atoms with Crippen LogP contribution in [-0.4, -0.2) is 31.1 Å². The summed E-state index contributed by atoms with van der Waals surface area (Å²) in [7, 11) is -4.29. The normalized spacial score (nSPS) is 14.2. The Hall–Kier alpha value is -6.02. The van der Waals surface area contributed by atoms with Gasteiger partial charge in [-0.3, -0.25) is 0 Å². The van der Waals surface area contributed by atoms with Crippen molar-refractivity contribution in [3.05, 3.63) is 164 Å². The van der Waals surface area contributed by atoms with Gasteiger partial charge in [0.25, 0.3) is 0 Å². The van der Waals surface area contributed by atoms with Crippen LogP contribution < -0.4 is 20.7 Å². The standard InChI is InChI=1S/C49H39N3Si2/c1-53(2)43-26-15-14-23-37(43)41-30-36(33-19-10-6-11-20-33)31-42(46(41)53)49-51-47(34-21-12-7-13-22-34)50-48(52-49)39-25-16-24-38-40-29-35(32-17-8-5-9-18-32)27-28-44(40)54(3,4)45(38)39/h5-31H,1-4H3. The third-order valence-electron chi connectivity index (χ3n) is 11.7. The Balaban J connectivity index is 1.23. The molecule has 2 aliphatic rings. The van der Waals surface area contributed by atoms with Crippen molar-refractivity contribution >= 4 is 36.9 Å². The molecular weight excluding hydrogens is 687 g/mol. The second-order valence-corrected chi connectivity index (χ2v) is 24.2. The Morgan fingerprint density at radius 3 is 1.44 bits per heavy atom. The molecule has 0 saturated carbocycles. The molecule has 1 aromatic heterocycles. The lowest BCUT2D eigenvalue weighted by Crippen LogP contribution is -2.50. The highest BCUT2D eigenvalue weighted by atomic mass is 28.3. The summed E-state index contributed by atoms with van der Waals surface area (Å²) in [4.78, 5) is 16.2.